The molecule has 0 unspecified atom stereocenters. The van der Waals surface area contributed by atoms with Crippen LogP contribution >= 0.6 is 34.8 Å². The topological polar surface area (TPSA) is 25.8 Å². The molecule has 0 saturated carbocycles. The molecule has 0 N–H and O–H groups in total. The summed E-state index contributed by atoms with van der Waals surface area (Å²) in [5, 5.41) is 2.24. The molecular formula is C14H7Cl3N2. The van der Waals surface area contributed by atoms with E-state index in [0.29, 0.717) is 15.7 Å². The summed E-state index contributed by atoms with van der Waals surface area (Å²) in [5.41, 5.74) is 2.23. The van der Waals surface area contributed by atoms with Gasteiger partial charge in [0.05, 0.1) is 11.2 Å². The quantitative estimate of drug-likeness (QED) is 0.573. The molecular weight excluding hydrogens is 303 g/mol. The molecule has 0 bridgehead atoms. The molecule has 0 aliphatic carbocycles. The van der Waals surface area contributed by atoms with Crippen molar-refractivity contribution in [2.75, 3.05) is 0 Å². The number of nitrogens with zero attached hydrogens (tertiary/aromatic N) is 2. The van der Waals surface area contributed by atoms with Crippen LogP contribution < -0.4 is 0 Å². The fraction of sp³-hybridized carbons (Fsp3) is 0. The van der Waals surface area contributed by atoms with Gasteiger partial charge in [-0.3, -0.25) is 0 Å². The van der Waals surface area contributed by atoms with E-state index in [-0.39, 0.29) is 5.28 Å². The molecule has 3 aromatic rings. The molecule has 0 aliphatic heterocycles. The lowest BCUT2D eigenvalue weighted by Crippen LogP contribution is -1.92. The molecule has 1 heterocycles. The Morgan fingerprint density at radius 3 is 2.42 bits per heavy atom. The molecule has 0 amide bonds. The predicted molar refractivity (Wildman–Crippen MR) is 80.0 cm³/mol. The summed E-state index contributed by atoms with van der Waals surface area (Å²) in [6.45, 7) is 0. The van der Waals surface area contributed by atoms with Crippen LogP contribution in [0.4, 0.5) is 0 Å². The maximum Gasteiger partial charge on any atom is 0.223 e. The van der Waals surface area contributed by atoms with E-state index in [9.17, 15) is 0 Å². The first-order valence-electron chi connectivity index (χ1n) is 5.53. The van der Waals surface area contributed by atoms with E-state index >= 15 is 0 Å². The third kappa shape index (κ3) is 2.39. The van der Waals surface area contributed by atoms with Crippen molar-refractivity contribution < 1.29 is 0 Å². The Morgan fingerprint density at radius 1 is 0.842 bits per heavy atom. The maximum atomic E-state index is 6.21. The first-order chi connectivity index (χ1) is 9.15. The van der Waals surface area contributed by atoms with Gasteiger partial charge >= 0.3 is 0 Å². The Morgan fingerprint density at radius 2 is 1.63 bits per heavy atom. The van der Waals surface area contributed by atoms with Crippen molar-refractivity contribution in [3.05, 3.63) is 57.8 Å². The SMILES string of the molecule is Clc1ccc2nc(Cl)nc(-c3ccccc3Cl)c2c1. The van der Waals surface area contributed by atoms with E-state index in [1.165, 1.54) is 0 Å². The van der Waals surface area contributed by atoms with Crippen LogP contribution in [0, 0.1) is 0 Å². The number of halogens is 3. The Labute approximate surface area is 125 Å². The molecule has 0 spiro atoms. The molecule has 0 atom stereocenters. The minimum Gasteiger partial charge on any atom is -0.218 e. The normalized spacial score (nSPS) is 10.9. The minimum absolute atomic E-state index is 0.185. The minimum atomic E-state index is 0.185. The summed E-state index contributed by atoms with van der Waals surface area (Å²) in [5.74, 6) is 0. The fourth-order valence-electron chi connectivity index (χ4n) is 1.93. The molecule has 1 aromatic heterocycles. The van der Waals surface area contributed by atoms with Crippen LogP contribution in [0.5, 0.6) is 0 Å². The monoisotopic (exact) mass is 308 g/mol. The van der Waals surface area contributed by atoms with Crippen molar-refractivity contribution in [2.24, 2.45) is 0 Å². The first-order valence-corrected chi connectivity index (χ1v) is 6.66. The molecule has 0 fully saturated rings. The van der Waals surface area contributed by atoms with Crippen molar-refractivity contribution in [1.82, 2.24) is 9.97 Å². The zero-order valence-corrected chi connectivity index (χ0v) is 11.8. The van der Waals surface area contributed by atoms with Crippen LogP contribution in [0.25, 0.3) is 22.2 Å². The average Bonchev–Trinajstić information content (AvgIpc) is 2.39. The molecule has 94 valence electrons. The van der Waals surface area contributed by atoms with Crippen molar-refractivity contribution >= 4 is 45.7 Å². The van der Waals surface area contributed by atoms with Crippen molar-refractivity contribution in [3.63, 3.8) is 0 Å². The van der Waals surface area contributed by atoms with E-state index in [0.717, 1.165) is 16.5 Å². The van der Waals surface area contributed by atoms with Crippen molar-refractivity contribution in [3.8, 4) is 11.3 Å². The van der Waals surface area contributed by atoms with Crippen LogP contribution in [0.2, 0.25) is 15.3 Å². The summed E-state index contributed by atoms with van der Waals surface area (Å²) in [4.78, 5) is 8.47. The third-order valence-electron chi connectivity index (χ3n) is 2.76. The second-order valence-corrected chi connectivity index (χ2v) is 5.16. The van der Waals surface area contributed by atoms with Crippen LogP contribution in [0.1, 0.15) is 0 Å². The van der Waals surface area contributed by atoms with Crippen molar-refractivity contribution in [1.29, 1.82) is 0 Å². The number of hydrogen-bond acceptors (Lipinski definition) is 2. The number of benzene rings is 2. The van der Waals surface area contributed by atoms with E-state index in [1.54, 1.807) is 6.07 Å². The predicted octanol–water partition coefficient (Wildman–Crippen LogP) is 5.26. The van der Waals surface area contributed by atoms with Crippen LogP contribution in [0.3, 0.4) is 0 Å². The first kappa shape index (κ1) is 12.7. The van der Waals surface area contributed by atoms with Gasteiger partial charge in [0.2, 0.25) is 5.28 Å². The van der Waals surface area contributed by atoms with Gasteiger partial charge < -0.3 is 0 Å². The zero-order valence-electron chi connectivity index (χ0n) is 9.57. The van der Waals surface area contributed by atoms with Crippen LogP contribution in [0.15, 0.2) is 42.5 Å². The van der Waals surface area contributed by atoms with E-state index < -0.39 is 0 Å². The molecule has 0 aliphatic rings. The number of aromatic nitrogens is 2. The average molecular weight is 310 g/mol. The highest BCUT2D eigenvalue weighted by Gasteiger charge is 2.11. The lowest BCUT2D eigenvalue weighted by atomic mass is 10.1. The van der Waals surface area contributed by atoms with Crippen molar-refractivity contribution in [2.45, 2.75) is 0 Å². The van der Waals surface area contributed by atoms with Gasteiger partial charge in [0.25, 0.3) is 0 Å². The molecule has 2 aromatic carbocycles. The molecule has 0 saturated heterocycles. The highest BCUT2D eigenvalue weighted by atomic mass is 35.5. The summed E-state index contributed by atoms with van der Waals surface area (Å²) in [6, 6.07) is 12.9. The highest BCUT2D eigenvalue weighted by molar-refractivity contribution is 6.34. The summed E-state index contributed by atoms with van der Waals surface area (Å²) in [6.07, 6.45) is 0. The van der Waals surface area contributed by atoms with E-state index in [4.69, 9.17) is 34.8 Å². The van der Waals surface area contributed by atoms with Crippen LogP contribution in [-0.2, 0) is 0 Å². The van der Waals surface area contributed by atoms with Gasteiger partial charge in [0.1, 0.15) is 0 Å². The fourth-order valence-corrected chi connectivity index (χ4v) is 2.50. The summed E-state index contributed by atoms with van der Waals surface area (Å²) in [7, 11) is 0. The highest BCUT2D eigenvalue weighted by Crippen LogP contribution is 2.33. The van der Waals surface area contributed by atoms with Gasteiger partial charge in [-0.15, -0.1) is 0 Å². The second kappa shape index (κ2) is 4.97. The molecule has 2 nitrogen and oxygen atoms in total. The van der Waals surface area contributed by atoms with Crippen LogP contribution in [-0.4, -0.2) is 9.97 Å². The lowest BCUT2D eigenvalue weighted by molar-refractivity contribution is 1.22. The smallest absolute Gasteiger partial charge is 0.218 e. The maximum absolute atomic E-state index is 6.21. The van der Waals surface area contributed by atoms with Gasteiger partial charge in [-0.25, -0.2) is 9.97 Å². The zero-order chi connectivity index (χ0) is 13.4. The van der Waals surface area contributed by atoms with Gasteiger partial charge in [-0.05, 0) is 35.9 Å². The molecule has 0 radical (unpaired) electrons. The molecule has 19 heavy (non-hydrogen) atoms. The Hall–Kier alpha value is -1.35. The van der Waals surface area contributed by atoms with Gasteiger partial charge in [0.15, 0.2) is 0 Å². The number of hydrogen-bond donors (Lipinski definition) is 0. The third-order valence-corrected chi connectivity index (χ3v) is 3.49. The van der Waals surface area contributed by atoms with E-state index in [1.807, 2.05) is 36.4 Å². The van der Waals surface area contributed by atoms with E-state index in [2.05, 4.69) is 9.97 Å². The van der Waals surface area contributed by atoms with Gasteiger partial charge in [-0.1, -0.05) is 41.4 Å². The number of rotatable bonds is 1. The largest absolute Gasteiger partial charge is 0.223 e. The molecule has 5 heteroatoms. The molecule has 3 rings (SSSR count). The Kier molecular flexibility index (Phi) is 3.31. The number of fused-ring (bicyclic) bond motifs is 1. The second-order valence-electron chi connectivity index (χ2n) is 3.98. The summed E-state index contributed by atoms with van der Waals surface area (Å²) >= 11 is 18.2. The standard InChI is InChI=1S/C14H7Cl3N2/c15-8-5-6-12-10(7-8)13(19-14(17)18-12)9-3-1-2-4-11(9)16/h1-7H. The Balaban J connectivity index is 2.40. The van der Waals surface area contributed by atoms with Gasteiger partial charge in [0, 0.05) is 21.0 Å². The lowest BCUT2D eigenvalue weighted by Gasteiger charge is -2.08. The Bertz CT molecular complexity index is 772. The summed E-state index contributed by atoms with van der Waals surface area (Å²) < 4.78 is 0. The van der Waals surface area contributed by atoms with Gasteiger partial charge in [-0.2, -0.15) is 0 Å².